The van der Waals surface area contributed by atoms with Gasteiger partial charge in [0.1, 0.15) is 29.6 Å². The van der Waals surface area contributed by atoms with Crippen LogP contribution in [0.2, 0.25) is 0 Å². The Morgan fingerprint density at radius 3 is 2.06 bits per heavy atom. The first-order valence-electron chi connectivity index (χ1n) is 9.72. The van der Waals surface area contributed by atoms with Crippen molar-refractivity contribution in [3.63, 3.8) is 0 Å². The Bertz CT molecular complexity index is 1210. The number of nitrogens with zero attached hydrogens (tertiary/aromatic N) is 1. The molecule has 0 saturated carbocycles. The lowest BCUT2D eigenvalue weighted by Crippen LogP contribution is -2.38. The predicted octanol–water partition coefficient (Wildman–Crippen LogP) is 3.69. The lowest BCUT2D eigenvalue weighted by Gasteiger charge is -2.24. The standard InChI is InChI=1S/C23H23FN2O6S/c1-30-18-8-11-20(12-9-18)33(28,29)26(17-6-4-16(24)5-7-17)15-23(27)25-21-13-10-19(31-2)14-22(21)32-3/h4-14H,15H2,1-3H3,(H,25,27). The Kier molecular flexibility index (Phi) is 7.39. The van der Waals surface area contributed by atoms with Crippen LogP contribution in [-0.4, -0.2) is 42.2 Å². The molecule has 0 radical (unpaired) electrons. The van der Waals surface area contributed by atoms with Crippen LogP contribution in [0.1, 0.15) is 0 Å². The number of amides is 1. The third-order valence-electron chi connectivity index (χ3n) is 4.73. The van der Waals surface area contributed by atoms with Gasteiger partial charge in [-0.1, -0.05) is 0 Å². The first-order valence-corrected chi connectivity index (χ1v) is 11.2. The molecule has 0 aromatic heterocycles. The van der Waals surface area contributed by atoms with Crippen LogP contribution in [0, 0.1) is 5.82 Å². The molecule has 0 fully saturated rings. The van der Waals surface area contributed by atoms with Crippen LogP contribution >= 0.6 is 0 Å². The molecule has 0 heterocycles. The van der Waals surface area contributed by atoms with Gasteiger partial charge < -0.3 is 19.5 Å². The summed E-state index contributed by atoms with van der Waals surface area (Å²) < 4.78 is 56.6. The predicted molar refractivity (Wildman–Crippen MR) is 122 cm³/mol. The lowest BCUT2D eigenvalue weighted by atomic mass is 10.2. The van der Waals surface area contributed by atoms with Crippen molar-refractivity contribution >= 4 is 27.3 Å². The summed E-state index contributed by atoms with van der Waals surface area (Å²) in [6.45, 7) is -0.560. The molecule has 8 nitrogen and oxygen atoms in total. The number of ether oxygens (including phenoxy) is 3. The quantitative estimate of drug-likeness (QED) is 0.509. The van der Waals surface area contributed by atoms with Crippen LogP contribution in [0.3, 0.4) is 0 Å². The van der Waals surface area contributed by atoms with Crippen LogP contribution in [0.5, 0.6) is 17.2 Å². The molecule has 3 aromatic carbocycles. The van der Waals surface area contributed by atoms with E-state index in [1.54, 1.807) is 18.2 Å². The van der Waals surface area contributed by atoms with E-state index in [9.17, 15) is 17.6 Å². The number of hydrogen-bond acceptors (Lipinski definition) is 6. The molecule has 0 aliphatic carbocycles. The summed E-state index contributed by atoms with van der Waals surface area (Å²) >= 11 is 0. The molecular formula is C23H23FN2O6S. The highest BCUT2D eigenvalue weighted by atomic mass is 32.2. The van der Waals surface area contributed by atoms with Gasteiger partial charge in [-0.3, -0.25) is 9.10 Å². The summed E-state index contributed by atoms with van der Waals surface area (Å²) in [6.07, 6.45) is 0. The second-order valence-corrected chi connectivity index (χ2v) is 8.64. The van der Waals surface area contributed by atoms with Crippen molar-refractivity contribution in [2.75, 3.05) is 37.5 Å². The highest BCUT2D eigenvalue weighted by Crippen LogP contribution is 2.30. The van der Waals surface area contributed by atoms with Gasteiger partial charge in [0.25, 0.3) is 10.0 Å². The van der Waals surface area contributed by atoms with Crippen LogP contribution in [0.25, 0.3) is 0 Å². The molecule has 0 bridgehead atoms. The minimum absolute atomic E-state index is 0.0533. The van der Waals surface area contributed by atoms with Crippen molar-refractivity contribution in [1.82, 2.24) is 0 Å². The first kappa shape index (κ1) is 23.9. The maximum Gasteiger partial charge on any atom is 0.264 e. The second-order valence-electron chi connectivity index (χ2n) is 6.78. The van der Waals surface area contributed by atoms with Gasteiger partial charge in [0.05, 0.1) is 37.6 Å². The van der Waals surface area contributed by atoms with Gasteiger partial charge in [-0.15, -0.1) is 0 Å². The van der Waals surface area contributed by atoms with E-state index in [1.807, 2.05) is 0 Å². The first-order chi connectivity index (χ1) is 15.8. The molecule has 1 amide bonds. The zero-order chi connectivity index (χ0) is 24.0. The monoisotopic (exact) mass is 474 g/mol. The van der Waals surface area contributed by atoms with Gasteiger partial charge >= 0.3 is 0 Å². The molecule has 1 N–H and O–H groups in total. The summed E-state index contributed by atoms with van der Waals surface area (Å²) in [7, 11) is 0.234. The fourth-order valence-corrected chi connectivity index (χ4v) is 4.44. The molecule has 174 valence electrons. The fourth-order valence-electron chi connectivity index (χ4n) is 3.02. The van der Waals surface area contributed by atoms with Crippen LogP contribution in [0.15, 0.2) is 71.6 Å². The smallest absolute Gasteiger partial charge is 0.264 e. The van der Waals surface area contributed by atoms with Gasteiger partial charge in [0, 0.05) is 6.07 Å². The lowest BCUT2D eigenvalue weighted by molar-refractivity contribution is -0.114. The SMILES string of the molecule is COc1ccc(S(=O)(=O)N(CC(=O)Nc2ccc(OC)cc2OC)c2ccc(F)cc2)cc1. The summed E-state index contributed by atoms with van der Waals surface area (Å²) in [4.78, 5) is 12.8. The van der Waals surface area contributed by atoms with Gasteiger partial charge in [0.15, 0.2) is 0 Å². The number of nitrogens with one attached hydrogen (secondary N) is 1. The van der Waals surface area contributed by atoms with E-state index in [0.717, 1.165) is 16.4 Å². The zero-order valence-corrected chi connectivity index (χ0v) is 19.1. The van der Waals surface area contributed by atoms with Crippen molar-refractivity contribution in [2.45, 2.75) is 4.90 Å². The number of anilines is 2. The van der Waals surface area contributed by atoms with E-state index in [4.69, 9.17) is 14.2 Å². The molecule has 0 saturated heterocycles. The topological polar surface area (TPSA) is 94.2 Å². The molecule has 10 heteroatoms. The van der Waals surface area contributed by atoms with E-state index >= 15 is 0 Å². The maximum atomic E-state index is 13.5. The van der Waals surface area contributed by atoms with Crippen LogP contribution < -0.4 is 23.8 Å². The number of carbonyl (C=O) groups is 1. The molecular weight excluding hydrogens is 451 g/mol. The van der Waals surface area contributed by atoms with Crippen LogP contribution in [0.4, 0.5) is 15.8 Å². The average molecular weight is 475 g/mol. The third-order valence-corrected chi connectivity index (χ3v) is 6.52. The summed E-state index contributed by atoms with van der Waals surface area (Å²) in [5.41, 5.74) is 0.466. The van der Waals surface area contributed by atoms with E-state index < -0.39 is 28.3 Å². The zero-order valence-electron chi connectivity index (χ0n) is 18.2. The van der Waals surface area contributed by atoms with E-state index in [-0.39, 0.29) is 10.6 Å². The second kappa shape index (κ2) is 10.2. The van der Waals surface area contributed by atoms with Gasteiger partial charge in [-0.05, 0) is 60.7 Å². The normalized spacial score (nSPS) is 10.9. The van der Waals surface area contributed by atoms with Gasteiger partial charge in [-0.2, -0.15) is 0 Å². The minimum atomic E-state index is -4.16. The molecule has 0 unspecified atom stereocenters. The molecule has 3 aromatic rings. The number of methoxy groups -OCH3 is 3. The fraction of sp³-hybridized carbons (Fsp3) is 0.174. The molecule has 0 spiro atoms. The number of carbonyl (C=O) groups excluding carboxylic acids is 1. The highest BCUT2D eigenvalue weighted by Gasteiger charge is 2.27. The Hall–Kier alpha value is -3.79. The van der Waals surface area contributed by atoms with Crippen molar-refractivity contribution in [2.24, 2.45) is 0 Å². The molecule has 0 aliphatic heterocycles. The number of hydrogen-bond donors (Lipinski definition) is 1. The maximum absolute atomic E-state index is 13.5. The molecule has 3 rings (SSSR count). The number of sulfonamides is 1. The van der Waals surface area contributed by atoms with E-state index in [1.165, 1.54) is 57.7 Å². The number of benzene rings is 3. The van der Waals surface area contributed by atoms with Crippen LogP contribution in [-0.2, 0) is 14.8 Å². The van der Waals surface area contributed by atoms with E-state index in [2.05, 4.69) is 5.32 Å². The minimum Gasteiger partial charge on any atom is -0.497 e. The van der Waals surface area contributed by atoms with Gasteiger partial charge in [-0.25, -0.2) is 12.8 Å². The summed E-state index contributed by atoms with van der Waals surface area (Å²) in [5.74, 6) is 0.188. The molecule has 0 atom stereocenters. The van der Waals surface area contributed by atoms with Crippen molar-refractivity contribution in [1.29, 1.82) is 0 Å². The number of rotatable bonds is 9. The third kappa shape index (κ3) is 5.53. The van der Waals surface area contributed by atoms with Crippen molar-refractivity contribution < 1.29 is 31.8 Å². The van der Waals surface area contributed by atoms with Gasteiger partial charge in [0.2, 0.25) is 5.91 Å². The van der Waals surface area contributed by atoms with E-state index in [0.29, 0.717) is 22.9 Å². The van der Waals surface area contributed by atoms with Crippen molar-refractivity contribution in [3.05, 3.63) is 72.5 Å². The molecule has 0 aliphatic rings. The summed E-state index contributed by atoms with van der Waals surface area (Å²) in [5, 5.41) is 2.65. The Labute approximate surface area is 191 Å². The Balaban J connectivity index is 1.93. The highest BCUT2D eigenvalue weighted by molar-refractivity contribution is 7.92. The largest absolute Gasteiger partial charge is 0.497 e. The average Bonchev–Trinajstić information content (AvgIpc) is 2.83. The van der Waals surface area contributed by atoms with Crippen molar-refractivity contribution in [3.8, 4) is 17.2 Å². The number of halogens is 1. The Morgan fingerprint density at radius 2 is 1.48 bits per heavy atom. The summed E-state index contributed by atoms with van der Waals surface area (Å²) in [6, 6.07) is 15.4. The Morgan fingerprint density at radius 1 is 0.879 bits per heavy atom. The molecule has 33 heavy (non-hydrogen) atoms.